The van der Waals surface area contributed by atoms with Crippen molar-refractivity contribution in [1.82, 2.24) is 35.6 Å². The highest BCUT2D eigenvalue weighted by molar-refractivity contribution is 5.95. The van der Waals surface area contributed by atoms with Gasteiger partial charge in [0.15, 0.2) is 17.2 Å². The molecule has 0 saturated carbocycles. The highest BCUT2D eigenvalue weighted by Crippen LogP contribution is 2.29. The molecule has 0 radical (unpaired) electrons. The first kappa shape index (κ1) is 26.8. The minimum absolute atomic E-state index is 0.0293. The second-order valence-electron chi connectivity index (χ2n) is 8.77. The summed E-state index contributed by atoms with van der Waals surface area (Å²) in [6.07, 6.45) is 1.50. The Bertz CT molecular complexity index is 1450. The van der Waals surface area contributed by atoms with Gasteiger partial charge in [-0.15, -0.1) is 5.10 Å². The van der Waals surface area contributed by atoms with Gasteiger partial charge in [-0.3, -0.25) is 9.69 Å². The Morgan fingerprint density at radius 2 is 1.95 bits per heavy atom. The first-order valence-corrected chi connectivity index (χ1v) is 12.7. The molecule has 0 atom stereocenters. The molecule has 14 nitrogen and oxygen atoms in total. The molecule has 0 bridgehead atoms. The average molecular weight is 548 g/mol. The Morgan fingerprint density at radius 1 is 1.12 bits per heavy atom. The Morgan fingerprint density at radius 3 is 2.70 bits per heavy atom. The predicted molar refractivity (Wildman–Crippen MR) is 143 cm³/mol. The van der Waals surface area contributed by atoms with Crippen LogP contribution in [0.3, 0.4) is 0 Å². The number of rotatable bonds is 11. The fourth-order valence-electron chi connectivity index (χ4n) is 4.05. The van der Waals surface area contributed by atoms with Gasteiger partial charge in [0.2, 0.25) is 11.6 Å². The summed E-state index contributed by atoms with van der Waals surface area (Å²) in [5.74, 6) is 0.645. The van der Waals surface area contributed by atoms with E-state index in [1.807, 2.05) is 43.3 Å². The number of aromatic nitrogens is 5. The summed E-state index contributed by atoms with van der Waals surface area (Å²) in [5, 5.41) is 19.7. The summed E-state index contributed by atoms with van der Waals surface area (Å²) in [6, 6.07) is 15.3. The van der Waals surface area contributed by atoms with Crippen molar-refractivity contribution in [2.24, 2.45) is 5.10 Å². The summed E-state index contributed by atoms with van der Waals surface area (Å²) in [7, 11) is 0. The summed E-state index contributed by atoms with van der Waals surface area (Å²) in [6.45, 7) is 5.74. The van der Waals surface area contributed by atoms with E-state index < -0.39 is 5.91 Å². The van der Waals surface area contributed by atoms with Crippen molar-refractivity contribution in [3.63, 3.8) is 0 Å². The third kappa shape index (κ3) is 6.42. The van der Waals surface area contributed by atoms with E-state index in [2.05, 4.69) is 36.1 Å². The molecule has 4 aromatic rings. The molecule has 0 unspecified atom stereocenters. The van der Waals surface area contributed by atoms with Crippen LogP contribution in [0.2, 0.25) is 0 Å². The highest BCUT2D eigenvalue weighted by atomic mass is 16.6. The minimum atomic E-state index is -0.556. The number of carbonyl (C=O) groups excluding carboxylic acids is 1. The van der Waals surface area contributed by atoms with E-state index in [1.54, 1.807) is 12.1 Å². The van der Waals surface area contributed by atoms with Crippen LogP contribution < -0.4 is 20.6 Å². The summed E-state index contributed by atoms with van der Waals surface area (Å²) < 4.78 is 23.0. The number of hydrogen-bond acceptors (Lipinski definition) is 12. The van der Waals surface area contributed by atoms with E-state index in [-0.39, 0.29) is 17.3 Å². The Labute approximate surface area is 229 Å². The van der Waals surface area contributed by atoms with Gasteiger partial charge in [0.05, 0.1) is 26.0 Å². The molecule has 1 saturated heterocycles. The Balaban J connectivity index is 1.31. The lowest BCUT2D eigenvalue weighted by Gasteiger charge is -2.25. The summed E-state index contributed by atoms with van der Waals surface area (Å²) in [5.41, 5.74) is 10.7. The van der Waals surface area contributed by atoms with Crippen LogP contribution in [-0.2, 0) is 17.9 Å². The number of ether oxygens (including phenoxy) is 3. The molecular weight excluding hydrogens is 518 g/mol. The van der Waals surface area contributed by atoms with Gasteiger partial charge in [-0.1, -0.05) is 35.5 Å². The van der Waals surface area contributed by atoms with Gasteiger partial charge in [-0.2, -0.15) is 9.78 Å². The second-order valence-corrected chi connectivity index (χ2v) is 8.77. The maximum Gasteiger partial charge on any atom is 0.292 e. The smallest absolute Gasteiger partial charge is 0.292 e. The number of hydrogen-bond donors (Lipinski definition) is 2. The van der Waals surface area contributed by atoms with Gasteiger partial charge in [0.1, 0.15) is 12.3 Å². The van der Waals surface area contributed by atoms with Gasteiger partial charge in [0.25, 0.3) is 5.91 Å². The van der Waals surface area contributed by atoms with Crippen LogP contribution in [0, 0.1) is 0 Å². The zero-order valence-corrected chi connectivity index (χ0v) is 21.9. The number of amides is 1. The number of nitrogen functional groups attached to an aromatic ring is 1. The lowest BCUT2D eigenvalue weighted by atomic mass is 10.2. The standard InChI is InChI=1S/C26H29N9O5/c1-2-38-22-14-19(8-9-21(22)39-17-18-6-4-3-5-7-18)15-28-30-26(36)23-20(16-34-10-12-37-13-11-34)29-33-35(23)25-24(27)31-40-32-25/h3-9,14-15H,2,10-13,16-17H2,1H3,(H2,27,31)(H,30,36)/b28-15+. The molecule has 3 heterocycles. The SMILES string of the molecule is CCOc1cc(/C=N/NC(=O)c2c(CN3CCOCC3)nnn2-c2nonc2N)ccc1OCc1ccccc1. The molecule has 2 aromatic carbocycles. The third-order valence-electron chi connectivity index (χ3n) is 6.01. The molecule has 40 heavy (non-hydrogen) atoms. The van der Waals surface area contributed by atoms with Crippen molar-refractivity contribution >= 4 is 17.9 Å². The molecule has 1 fully saturated rings. The van der Waals surface area contributed by atoms with Crippen LogP contribution in [0.25, 0.3) is 5.82 Å². The van der Waals surface area contributed by atoms with E-state index in [0.717, 1.165) is 5.56 Å². The maximum absolute atomic E-state index is 13.3. The number of nitrogens with two attached hydrogens (primary N) is 1. The number of carbonyl (C=O) groups is 1. The topological polar surface area (TPSA) is 168 Å². The normalized spacial score (nSPS) is 13.9. The zero-order chi connectivity index (χ0) is 27.7. The largest absolute Gasteiger partial charge is 0.490 e. The van der Waals surface area contributed by atoms with Crippen LogP contribution in [0.1, 0.15) is 34.2 Å². The van der Waals surface area contributed by atoms with Crippen LogP contribution in [0.4, 0.5) is 5.82 Å². The van der Waals surface area contributed by atoms with Crippen LogP contribution in [-0.4, -0.2) is 75.2 Å². The lowest BCUT2D eigenvalue weighted by Crippen LogP contribution is -2.36. The van der Waals surface area contributed by atoms with Gasteiger partial charge >= 0.3 is 0 Å². The molecule has 5 rings (SSSR count). The first-order valence-electron chi connectivity index (χ1n) is 12.7. The number of nitrogens with zero attached hydrogens (tertiary/aromatic N) is 7. The van der Waals surface area contributed by atoms with Gasteiger partial charge < -0.3 is 19.9 Å². The Hall–Kier alpha value is -4.82. The number of benzene rings is 2. The first-order chi connectivity index (χ1) is 19.6. The number of nitrogens with one attached hydrogen (secondary N) is 1. The molecule has 14 heteroatoms. The van der Waals surface area contributed by atoms with E-state index in [4.69, 9.17) is 24.6 Å². The molecule has 0 spiro atoms. The molecule has 208 valence electrons. The fourth-order valence-corrected chi connectivity index (χ4v) is 4.05. The monoisotopic (exact) mass is 547 g/mol. The predicted octanol–water partition coefficient (Wildman–Crippen LogP) is 1.81. The molecule has 0 aliphatic carbocycles. The second kappa shape index (κ2) is 12.8. The number of hydrazone groups is 1. The molecule has 1 aliphatic heterocycles. The number of morpholine rings is 1. The lowest BCUT2D eigenvalue weighted by molar-refractivity contribution is 0.0335. The summed E-state index contributed by atoms with van der Waals surface area (Å²) >= 11 is 0. The minimum Gasteiger partial charge on any atom is -0.490 e. The van der Waals surface area contributed by atoms with Gasteiger partial charge in [0, 0.05) is 19.6 Å². The molecule has 3 N–H and O–H groups in total. The molecule has 1 aliphatic rings. The average Bonchev–Trinajstić information content (AvgIpc) is 3.59. The van der Waals surface area contributed by atoms with Crippen LogP contribution >= 0.6 is 0 Å². The van der Waals surface area contributed by atoms with Crippen LogP contribution in [0.5, 0.6) is 11.5 Å². The van der Waals surface area contributed by atoms with Gasteiger partial charge in [-0.25, -0.2) is 10.1 Å². The Kier molecular flexibility index (Phi) is 8.58. The summed E-state index contributed by atoms with van der Waals surface area (Å²) in [4.78, 5) is 15.4. The van der Waals surface area contributed by atoms with Crippen molar-refractivity contribution in [3.8, 4) is 17.3 Å². The quantitative estimate of drug-likeness (QED) is 0.207. The fraction of sp³-hybridized carbons (Fsp3) is 0.308. The molecular formula is C26H29N9O5. The van der Waals surface area contributed by atoms with E-state index in [0.29, 0.717) is 68.8 Å². The van der Waals surface area contributed by atoms with Crippen molar-refractivity contribution in [2.45, 2.75) is 20.1 Å². The third-order valence-corrected chi connectivity index (χ3v) is 6.01. The highest BCUT2D eigenvalue weighted by Gasteiger charge is 2.26. The maximum atomic E-state index is 13.3. The van der Waals surface area contributed by atoms with Crippen molar-refractivity contribution in [2.75, 3.05) is 38.6 Å². The van der Waals surface area contributed by atoms with E-state index >= 15 is 0 Å². The number of anilines is 1. The van der Waals surface area contributed by atoms with E-state index in [9.17, 15) is 4.79 Å². The van der Waals surface area contributed by atoms with Crippen molar-refractivity contribution in [1.29, 1.82) is 0 Å². The molecule has 2 aromatic heterocycles. The van der Waals surface area contributed by atoms with E-state index in [1.165, 1.54) is 10.9 Å². The van der Waals surface area contributed by atoms with Crippen molar-refractivity contribution < 1.29 is 23.6 Å². The van der Waals surface area contributed by atoms with Crippen LogP contribution in [0.15, 0.2) is 58.3 Å². The molecule has 1 amide bonds. The van der Waals surface area contributed by atoms with Crippen molar-refractivity contribution in [3.05, 3.63) is 71.0 Å². The zero-order valence-electron chi connectivity index (χ0n) is 21.9. The van der Waals surface area contributed by atoms with Gasteiger partial charge in [-0.05, 0) is 46.6 Å².